The van der Waals surface area contributed by atoms with Crippen molar-refractivity contribution < 1.29 is 0 Å². The first-order valence-electron chi connectivity index (χ1n) is 14.7. The zero-order valence-electron chi connectivity index (χ0n) is 23.4. The van der Waals surface area contributed by atoms with Crippen LogP contribution in [0.5, 0.6) is 0 Å². The number of benzene rings is 5. The van der Waals surface area contributed by atoms with Gasteiger partial charge in [0.05, 0.1) is 11.4 Å². The number of nitrogens with zero attached hydrogens (tertiary/aromatic N) is 2. The summed E-state index contributed by atoms with van der Waals surface area (Å²) in [6.07, 6.45) is 14.6. The van der Waals surface area contributed by atoms with E-state index in [9.17, 15) is 0 Å². The van der Waals surface area contributed by atoms with Crippen LogP contribution in [0, 0.1) is 5.92 Å². The van der Waals surface area contributed by atoms with Crippen LogP contribution >= 0.6 is 0 Å². The van der Waals surface area contributed by atoms with Crippen molar-refractivity contribution in [3.8, 4) is 0 Å². The molecule has 0 saturated heterocycles. The van der Waals surface area contributed by atoms with Crippen molar-refractivity contribution in [3.05, 3.63) is 156 Å². The summed E-state index contributed by atoms with van der Waals surface area (Å²) in [7, 11) is 0. The van der Waals surface area contributed by atoms with Gasteiger partial charge in [-0.2, -0.15) is 0 Å². The lowest BCUT2D eigenvalue weighted by molar-refractivity contribution is 0.670. The van der Waals surface area contributed by atoms with Crippen LogP contribution in [0.25, 0.3) is 16.8 Å². The minimum Gasteiger partial charge on any atom is -0.313 e. The molecule has 200 valence electrons. The fraction of sp³-hybridized carbons (Fsp3) is 0.128. The first-order chi connectivity index (χ1) is 20.3. The summed E-state index contributed by atoms with van der Waals surface area (Å²) in [5, 5.41) is 2.53. The van der Waals surface area contributed by atoms with Crippen LogP contribution in [0.1, 0.15) is 30.9 Å². The highest BCUT2D eigenvalue weighted by Gasteiger charge is 2.30. The molecule has 5 aromatic rings. The Labute approximate surface area is 243 Å². The van der Waals surface area contributed by atoms with Crippen molar-refractivity contribution in [2.45, 2.75) is 26.2 Å². The monoisotopic (exact) mass is 530 g/mol. The largest absolute Gasteiger partial charge is 0.313 e. The predicted octanol–water partition coefficient (Wildman–Crippen LogP) is 10.9. The maximum absolute atomic E-state index is 2.55. The highest BCUT2D eigenvalue weighted by atomic mass is 15.2. The second-order valence-electron chi connectivity index (χ2n) is 10.9. The SMILES string of the molecule is CC1CC=CC=C1N(c1ccccc1)c1c2c(c(N(c3ccccc3)c3ccccc3)c3ccccc13)C=CCC2. The van der Waals surface area contributed by atoms with E-state index in [0.29, 0.717) is 5.92 Å². The Morgan fingerprint density at radius 2 is 1.12 bits per heavy atom. The Bertz CT molecular complexity index is 1730. The highest BCUT2D eigenvalue weighted by molar-refractivity contribution is 6.11. The Kier molecular flexibility index (Phi) is 6.74. The van der Waals surface area contributed by atoms with Crippen LogP contribution in [0.15, 0.2) is 145 Å². The van der Waals surface area contributed by atoms with Gasteiger partial charge in [0.2, 0.25) is 0 Å². The average molecular weight is 531 g/mol. The van der Waals surface area contributed by atoms with E-state index in [0.717, 1.165) is 30.6 Å². The molecule has 0 bridgehead atoms. The van der Waals surface area contributed by atoms with E-state index >= 15 is 0 Å². The van der Waals surface area contributed by atoms with Gasteiger partial charge in [-0.3, -0.25) is 0 Å². The smallest absolute Gasteiger partial charge is 0.0616 e. The molecule has 2 nitrogen and oxygen atoms in total. The predicted molar refractivity (Wildman–Crippen MR) is 176 cm³/mol. The number of fused-ring (bicyclic) bond motifs is 2. The summed E-state index contributed by atoms with van der Waals surface area (Å²) in [6, 6.07) is 41.5. The van der Waals surface area contributed by atoms with Gasteiger partial charge in [-0.05, 0) is 67.3 Å². The van der Waals surface area contributed by atoms with Crippen LogP contribution < -0.4 is 9.80 Å². The van der Waals surface area contributed by atoms with E-state index in [1.165, 1.54) is 44.7 Å². The van der Waals surface area contributed by atoms with Gasteiger partial charge < -0.3 is 9.80 Å². The zero-order valence-corrected chi connectivity index (χ0v) is 23.4. The average Bonchev–Trinajstić information content (AvgIpc) is 3.04. The molecule has 0 N–H and O–H groups in total. The Hall–Kier alpha value is -4.82. The maximum Gasteiger partial charge on any atom is 0.0616 e. The number of anilines is 5. The summed E-state index contributed by atoms with van der Waals surface area (Å²) < 4.78 is 0. The molecule has 2 aliphatic carbocycles. The molecule has 0 heterocycles. The molecule has 0 aromatic heterocycles. The topological polar surface area (TPSA) is 6.48 Å². The van der Waals surface area contributed by atoms with Gasteiger partial charge in [-0.25, -0.2) is 0 Å². The Morgan fingerprint density at radius 1 is 0.585 bits per heavy atom. The van der Waals surface area contributed by atoms with Gasteiger partial charge in [0, 0.05) is 45.0 Å². The fourth-order valence-electron chi connectivity index (χ4n) is 6.41. The number of allylic oxidation sites excluding steroid dienone is 5. The van der Waals surface area contributed by atoms with E-state index in [1.807, 2.05) is 0 Å². The van der Waals surface area contributed by atoms with Crippen LogP contribution in [-0.2, 0) is 6.42 Å². The summed E-state index contributed by atoms with van der Waals surface area (Å²) >= 11 is 0. The number of hydrogen-bond donors (Lipinski definition) is 0. The molecule has 0 saturated carbocycles. The first kappa shape index (κ1) is 25.2. The van der Waals surface area contributed by atoms with Crippen LogP contribution in [0.2, 0.25) is 0 Å². The lowest BCUT2D eigenvalue weighted by Crippen LogP contribution is -2.25. The number of rotatable bonds is 6. The van der Waals surface area contributed by atoms with Gasteiger partial charge in [-0.15, -0.1) is 0 Å². The Morgan fingerprint density at radius 3 is 1.71 bits per heavy atom. The standard InChI is InChI=1S/C39H34N2/c1-29-17-11-16-28-37(29)41(32-22-9-4-10-23-32)39-35-26-14-12-24-33(35)38(34-25-13-15-27-36(34)39)40(30-18-5-2-6-19-30)31-20-7-3-8-21-31/h2-14,16,18-26,28-29H,15,17,27H2,1H3. The van der Waals surface area contributed by atoms with Crippen molar-refractivity contribution >= 4 is 45.3 Å². The van der Waals surface area contributed by atoms with Crippen molar-refractivity contribution in [3.63, 3.8) is 0 Å². The normalized spacial score (nSPS) is 15.8. The third-order valence-electron chi connectivity index (χ3n) is 8.30. The lowest BCUT2D eigenvalue weighted by atomic mass is 9.86. The van der Waals surface area contributed by atoms with Gasteiger partial charge in [-0.1, -0.05) is 110 Å². The van der Waals surface area contributed by atoms with Crippen LogP contribution in [0.4, 0.5) is 28.4 Å². The second-order valence-corrected chi connectivity index (χ2v) is 10.9. The summed E-state index contributed by atoms with van der Waals surface area (Å²) in [5.41, 5.74) is 10.1. The van der Waals surface area contributed by atoms with Gasteiger partial charge >= 0.3 is 0 Å². The summed E-state index contributed by atoms with van der Waals surface area (Å²) in [6.45, 7) is 2.35. The molecule has 5 aromatic carbocycles. The minimum absolute atomic E-state index is 0.415. The second kappa shape index (κ2) is 11.0. The highest BCUT2D eigenvalue weighted by Crippen LogP contribution is 2.51. The van der Waals surface area contributed by atoms with Crippen molar-refractivity contribution in [1.82, 2.24) is 0 Å². The summed E-state index contributed by atoms with van der Waals surface area (Å²) in [5.74, 6) is 0.415. The number of hydrogen-bond acceptors (Lipinski definition) is 2. The van der Waals surface area contributed by atoms with Gasteiger partial charge in [0.25, 0.3) is 0 Å². The molecule has 1 atom stereocenters. The van der Waals surface area contributed by atoms with E-state index < -0.39 is 0 Å². The van der Waals surface area contributed by atoms with Crippen LogP contribution in [0.3, 0.4) is 0 Å². The molecule has 2 aliphatic rings. The molecule has 0 aliphatic heterocycles. The Balaban J connectivity index is 1.59. The van der Waals surface area contributed by atoms with Crippen LogP contribution in [-0.4, -0.2) is 0 Å². The van der Waals surface area contributed by atoms with E-state index in [2.05, 4.69) is 162 Å². The van der Waals surface area contributed by atoms with Crippen molar-refractivity contribution in [1.29, 1.82) is 0 Å². The molecule has 0 spiro atoms. The third-order valence-corrected chi connectivity index (χ3v) is 8.30. The molecule has 0 fully saturated rings. The van der Waals surface area contributed by atoms with Crippen molar-refractivity contribution in [2.24, 2.45) is 5.92 Å². The zero-order chi connectivity index (χ0) is 27.6. The fourth-order valence-corrected chi connectivity index (χ4v) is 6.41. The molecular formula is C39H34N2. The van der Waals surface area contributed by atoms with Gasteiger partial charge in [0.1, 0.15) is 0 Å². The maximum atomic E-state index is 2.55. The molecule has 1 unspecified atom stereocenters. The van der Waals surface area contributed by atoms with E-state index in [-0.39, 0.29) is 0 Å². The molecule has 7 rings (SSSR count). The summed E-state index contributed by atoms with van der Waals surface area (Å²) in [4.78, 5) is 4.99. The van der Waals surface area contributed by atoms with E-state index in [4.69, 9.17) is 0 Å². The minimum atomic E-state index is 0.415. The molecular weight excluding hydrogens is 496 g/mol. The lowest BCUT2D eigenvalue weighted by Gasteiger charge is -2.38. The quantitative estimate of drug-likeness (QED) is 0.201. The number of para-hydroxylation sites is 3. The third kappa shape index (κ3) is 4.56. The molecule has 41 heavy (non-hydrogen) atoms. The molecule has 0 radical (unpaired) electrons. The van der Waals surface area contributed by atoms with Crippen molar-refractivity contribution in [2.75, 3.05) is 9.80 Å². The van der Waals surface area contributed by atoms with Gasteiger partial charge in [0.15, 0.2) is 0 Å². The molecule has 0 amide bonds. The van der Waals surface area contributed by atoms with E-state index in [1.54, 1.807) is 0 Å². The first-order valence-corrected chi connectivity index (χ1v) is 14.7. The molecule has 2 heteroatoms.